The molecule has 0 unspecified atom stereocenters. The van der Waals surface area contributed by atoms with Crippen LogP contribution in [0.25, 0.3) is 0 Å². The highest BCUT2D eigenvalue weighted by Crippen LogP contribution is 2.22. The first-order valence-corrected chi connectivity index (χ1v) is 9.63. The summed E-state index contributed by atoms with van der Waals surface area (Å²) in [5.41, 5.74) is 2.24. The molecule has 0 aliphatic carbocycles. The Morgan fingerprint density at radius 1 is 1.33 bits per heavy atom. The highest BCUT2D eigenvalue weighted by Gasteiger charge is 2.28. The molecule has 7 nitrogen and oxygen atoms in total. The van der Waals surface area contributed by atoms with Gasteiger partial charge >= 0.3 is 0 Å². The van der Waals surface area contributed by atoms with Gasteiger partial charge in [0, 0.05) is 39.1 Å². The minimum atomic E-state index is -0.253. The zero-order valence-electron chi connectivity index (χ0n) is 16.1. The Morgan fingerprint density at radius 3 is 2.93 bits per heavy atom. The number of rotatable bonds is 7. The molecule has 0 aromatic carbocycles. The van der Waals surface area contributed by atoms with Crippen LogP contribution in [0.1, 0.15) is 65.0 Å². The molecular formula is C20H27N5O2. The van der Waals surface area contributed by atoms with Crippen molar-refractivity contribution in [1.29, 1.82) is 0 Å². The van der Waals surface area contributed by atoms with Crippen molar-refractivity contribution < 1.29 is 9.59 Å². The molecule has 0 saturated carbocycles. The van der Waals surface area contributed by atoms with E-state index in [1.165, 1.54) is 0 Å². The summed E-state index contributed by atoms with van der Waals surface area (Å²) in [6, 6.07) is 3.74. The van der Waals surface area contributed by atoms with Crippen LogP contribution >= 0.6 is 0 Å². The fourth-order valence-corrected chi connectivity index (χ4v) is 3.33. The SMILES string of the molecule is CCCCN(C)C(=O)c1nc(C(=O)NCc2cccnc2)n2c1CCCC2. The largest absolute Gasteiger partial charge is 0.345 e. The van der Waals surface area contributed by atoms with E-state index in [4.69, 9.17) is 0 Å². The lowest BCUT2D eigenvalue weighted by Crippen LogP contribution is -2.29. The number of hydrogen-bond donors (Lipinski definition) is 1. The van der Waals surface area contributed by atoms with Crippen LogP contribution in [0.3, 0.4) is 0 Å². The molecule has 1 N–H and O–H groups in total. The second kappa shape index (κ2) is 8.79. The molecule has 1 aliphatic rings. The van der Waals surface area contributed by atoms with Crippen LogP contribution in [0.15, 0.2) is 24.5 Å². The number of imidazole rings is 1. The third kappa shape index (κ3) is 4.35. The van der Waals surface area contributed by atoms with Crippen LogP contribution in [-0.4, -0.2) is 44.8 Å². The second-order valence-electron chi connectivity index (χ2n) is 6.96. The van der Waals surface area contributed by atoms with E-state index in [0.29, 0.717) is 24.6 Å². The summed E-state index contributed by atoms with van der Waals surface area (Å²) in [7, 11) is 1.80. The lowest BCUT2D eigenvalue weighted by molar-refractivity contribution is 0.0786. The van der Waals surface area contributed by atoms with Crippen molar-refractivity contribution in [3.8, 4) is 0 Å². The van der Waals surface area contributed by atoms with Crippen molar-refractivity contribution >= 4 is 11.8 Å². The maximum atomic E-state index is 12.8. The number of nitrogens with one attached hydrogen (secondary N) is 1. The summed E-state index contributed by atoms with van der Waals surface area (Å²) in [5, 5.41) is 2.89. The zero-order valence-corrected chi connectivity index (χ0v) is 16.1. The first-order chi connectivity index (χ1) is 13.1. The average Bonchev–Trinajstić information content (AvgIpc) is 3.10. The number of aromatic nitrogens is 3. The molecular weight excluding hydrogens is 342 g/mol. The topological polar surface area (TPSA) is 80.1 Å². The van der Waals surface area contributed by atoms with E-state index in [-0.39, 0.29) is 11.8 Å². The summed E-state index contributed by atoms with van der Waals surface area (Å²) >= 11 is 0. The van der Waals surface area contributed by atoms with E-state index >= 15 is 0 Å². The molecule has 1 aliphatic heterocycles. The van der Waals surface area contributed by atoms with Gasteiger partial charge in [-0.2, -0.15) is 0 Å². The standard InChI is InChI=1S/C20H27N5O2/c1-3-4-11-24(2)20(27)17-16-9-5-6-12-25(16)18(23-17)19(26)22-14-15-8-7-10-21-13-15/h7-8,10,13H,3-6,9,11-12,14H2,1-2H3,(H,22,26). The molecule has 0 fully saturated rings. The molecule has 144 valence electrons. The van der Waals surface area contributed by atoms with Crippen molar-refractivity contribution in [3.05, 3.63) is 47.3 Å². The Kier molecular flexibility index (Phi) is 6.21. The van der Waals surface area contributed by atoms with Crippen molar-refractivity contribution in [2.45, 2.75) is 52.1 Å². The normalized spacial score (nSPS) is 13.1. The molecule has 0 saturated heterocycles. The Bertz CT molecular complexity index is 800. The van der Waals surface area contributed by atoms with Gasteiger partial charge < -0.3 is 14.8 Å². The van der Waals surface area contributed by atoms with E-state index in [2.05, 4.69) is 22.2 Å². The fraction of sp³-hybridized carbons (Fsp3) is 0.500. The molecule has 27 heavy (non-hydrogen) atoms. The van der Waals surface area contributed by atoms with Gasteiger partial charge in [0.1, 0.15) is 5.69 Å². The van der Waals surface area contributed by atoms with Crippen LogP contribution < -0.4 is 5.32 Å². The molecule has 2 amide bonds. The smallest absolute Gasteiger partial charge is 0.287 e. The summed E-state index contributed by atoms with van der Waals surface area (Å²) in [5.74, 6) is -0.0153. The predicted molar refractivity (Wildman–Crippen MR) is 102 cm³/mol. The number of unbranched alkanes of at least 4 members (excludes halogenated alkanes) is 1. The van der Waals surface area contributed by atoms with Gasteiger partial charge in [0.05, 0.1) is 5.69 Å². The van der Waals surface area contributed by atoms with E-state index < -0.39 is 0 Å². The highest BCUT2D eigenvalue weighted by atomic mass is 16.2. The van der Waals surface area contributed by atoms with E-state index in [1.54, 1.807) is 24.3 Å². The van der Waals surface area contributed by atoms with Crippen molar-refractivity contribution in [1.82, 2.24) is 24.8 Å². The third-order valence-electron chi connectivity index (χ3n) is 4.89. The van der Waals surface area contributed by atoms with Gasteiger partial charge in [0.15, 0.2) is 5.82 Å². The van der Waals surface area contributed by atoms with Gasteiger partial charge in [0.2, 0.25) is 0 Å². The minimum Gasteiger partial charge on any atom is -0.345 e. The molecule has 3 rings (SSSR count). The van der Waals surface area contributed by atoms with Gasteiger partial charge in [-0.3, -0.25) is 14.6 Å². The Hall–Kier alpha value is -2.70. The summed E-state index contributed by atoms with van der Waals surface area (Å²) in [6.45, 7) is 3.91. The first-order valence-electron chi connectivity index (χ1n) is 9.63. The van der Waals surface area contributed by atoms with Gasteiger partial charge in [-0.15, -0.1) is 0 Å². The Morgan fingerprint density at radius 2 is 2.19 bits per heavy atom. The van der Waals surface area contributed by atoms with Crippen LogP contribution in [0.5, 0.6) is 0 Å². The van der Waals surface area contributed by atoms with Gasteiger partial charge in [0.25, 0.3) is 11.8 Å². The molecule has 2 aromatic rings. The lowest BCUT2D eigenvalue weighted by Gasteiger charge is -2.19. The summed E-state index contributed by atoms with van der Waals surface area (Å²) < 4.78 is 1.92. The second-order valence-corrected chi connectivity index (χ2v) is 6.96. The van der Waals surface area contributed by atoms with Crippen LogP contribution in [0.2, 0.25) is 0 Å². The van der Waals surface area contributed by atoms with Crippen molar-refractivity contribution in [3.63, 3.8) is 0 Å². The summed E-state index contributed by atoms with van der Waals surface area (Å²) in [6.07, 6.45) is 8.19. The monoisotopic (exact) mass is 369 g/mol. The molecule has 3 heterocycles. The molecule has 7 heteroatoms. The average molecular weight is 369 g/mol. The first kappa shape index (κ1) is 19.1. The number of fused-ring (bicyclic) bond motifs is 1. The summed E-state index contributed by atoms with van der Waals surface area (Å²) in [4.78, 5) is 35.8. The van der Waals surface area contributed by atoms with Crippen LogP contribution in [0.4, 0.5) is 0 Å². The van der Waals surface area contributed by atoms with Crippen molar-refractivity contribution in [2.24, 2.45) is 0 Å². The molecule has 0 atom stereocenters. The number of hydrogen-bond acceptors (Lipinski definition) is 4. The zero-order chi connectivity index (χ0) is 19.2. The van der Waals surface area contributed by atoms with Gasteiger partial charge in [-0.1, -0.05) is 19.4 Å². The third-order valence-corrected chi connectivity index (χ3v) is 4.89. The van der Waals surface area contributed by atoms with Crippen LogP contribution in [0, 0.1) is 0 Å². The molecule has 2 aromatic heterocycles. The number of amides is 2. The maximum absolute atomic E-state index is 12.8. The van der Waals surface area contributed by atoms with E-state index in [9.17, 15) is 9.59 Å². The van der Waals surface area contributed by atoms with E-state index in [0.717, 1.165) is 49.9 Å². The Balaban J connectivity index is 1.80. The van der Waals surface area contributed by atoms with Crippen LogP contribution in [-0.2, 0) is 19.5 Å². The molecule has 0 radical (unpaired) electrons. The number of pyridine rings is 1. The minimum absolute atomic E-state index is 0.0968. The van der Waals surface area contributed by atoms with Gasteiger partial charge in [-0.05, 0) is 37.3 Å². The fourth-order valence-electron chi connectivity index (χ4n) is 3.33. The number of carbonyl (C=O) groups excluding carboxylic acids is 2. The lowest BCUT2D eigenvalue weighted by atomic mass is 10.1. The maximum Gasteiger partial charge on any atom is 0.287 e. The van der Waals surface area contributed by atoms with Gasteiger partial charge in [-0.25, -0.2) is 4.98 Å². The predicted octanol–water partition coefficient (Wildman–Crippen LogP) is 2.42. The number of nitrogens with zero attached hydrogens (tertiary/aromatic N) is 4. The van der Waals surface area contributed by atoms with E-state index in [1.807, 2.05) is 16.7 Å². The molecule has 0 bridgehead atoms. The number of carbonyl (C=O) groups is 2. The molecule has 0 spiro atoms. The quantitative estimate of drug-likeness (QED) is 0.813. The van der Waals surface area contributed by atoms with Crippen molar-refractivity contribution in [2.75, 3.05) is 13.6 Å². The Labute approximate surface area is 159 Å². The highest BCUT2D eigenvalue weighted by molar-refractivity contribution is 5.97.